The zero-order valence-corrected chi connectivity index (χ0v) is 16.8. The van der Waals surface area contributed by atoms with Crippen molar-refractivity contribution < 1.29 is 24.0 Å². The Morgan fingerprint density at radius 1 is 1.00 bits per heavy atom. The van der Waals surface area contributed by atoms with Gasteiger partial charge in [0.15, 0.2) is 5.70 Å². The molecule has 0 unspecified atom stereocenters. The van der Waals surface area contributed by atoms with Gasteiger partial charge < -0.3 is 9.47 Å². The minimum atomic E-state index is -0.631. The summed E-state index contributed by atoms with van der Waals surface area (Å²) in [5.74, 6) is -0.664. The number of cyclic esters (lactones) is 1. The number of esters is 2. The molecule has 4 rings (SSSR count). The second kappa shape index (κ2) is 8.65. The van der Waals surface area contributed by atoms with E-state index >= 15 is 0 Å². The first-order valence-electron chi connectivity index (χ1n) is 9.55. The first-order valence-corrected chi connectivity index (χ1v) is 9.55. The van der Waals surface area contributed by atoms with Crippen LogP contribution in [0.15, 0.2) is 83.5 Å². The van der Waals surface area contributed by atoms with Crippen molar-refractivity contribution in [2.24, 2.45) is 4.99 Å². The summed E-state index contributed by atoms with van der Waals surface area (Å²) in [6.07, 6.45) is 1.53. The molecule has 0 atom stereocenters. The quantitative estimate of drug-likeness (QED) is 0.195. The lowest BCUT2D eigenvalue weighted by Gasteiger charge is -2.05. The van der Waals surface area contributed by atoms with Crippen molar-refractivity contribution in [1.82, 2.24) is 0 Å². The Balaban J connectivity index is 1.47. The maximum absolute atomic E-state index is 12.2. The summed E-state index contributed by atoms with van der Waals surface area (Å²) in [5.41, 5.74) is 2.61. The predicted molar refractivity (Wildman–Crippen MR) is 116 cm³/mol. The van der Waals surface area contributed by atoms with E-state index in [4.69, 9.17) is 9.47 Å². The van der Waals surface area contributed by atoms with Crippen LogP contribution < -0.4 is 4.74 Å². The van der Waals surface area contributed by atoms with Crippen molar-refractivity contribution in [2.45, 2.75) is 6.92 Å². The zero-order valence-electron chi connectivity index (χ0n) is 16.8. The second-order valence-corrected chi connectivity index (χ2v) is 6.96. The molecule has 0 radical (unpaired) electrons. The number of aryl methyl sites for hydroxylation is 1. The summed E-state index contributed by atoms with van der Waals surface area (Å²) >= 11 is 0. The predicted octanol–water partition coefficient (Wildman–Crippen LogP) is 4.47. The number of rotatable bonds is 5. The van der Waals surface area contributed by atoms with Crippen LogP contribution in [0.5, 0.6) is 5.75 Å². The van der Waals surface area contributed by atoms with Crippen LogP contribution in [0.25, 0.3) is 6.08 Å². The molecule has 3 aromatic rings. The van der Waals surface area contributed by atoms with Gasteiger partial charge in [-0.25, -0.2) is 14.6 Å². The van der Waals surface area contributed by atoms with Crippen LogP contribution in [0.1, 0.15) is 27.0 Å². The van der Waals surface area contributed by atoms with E-state index in [9.17, 15) is 19.7 Å². The van der Waals surface area contributed by atoms with E-state index in [-0.39, 0.29) is 17.3 Å². The molecular formula is C24H16N2O6. The Labute approximate surface area is 182 Å². The first kappa shape index (κ1) is 20.7. The molecule has 0 aromatic heterocycles. The van der Waals surface area contributed by atoms with E-state index < -0.39 is 16.9 Å². The van der Waals surface area contributed by atoms with Gasteiger partial charge in [-0.3, -0.25) is 10.1 Å². The molecule has 0 aliphatic carbocycles. The van der Waals surface area contributed by atoms with Crippen LogP contribution in [0, 0.1) is 17.0 Å². The fourth-order valence-electron chi connectivity index (χ4n) is 2.90. The Morgan fingerprint density at radius 2 is 1.66 bits per heavy atom. The molecule has 32 heavy (non-hydrogen) atoms. The number of nitro groups is 1. The maximum Gasteiger partial charge on any atom is 0.363 e. The van der Waals surface area contributed by atoms with Crippen LogP contribution in [0.2, 0.25) is 0 Å². The number of ether oxygens (including phenoxy) is 2. The highest BCUT2D eigenvalue weighted by atomic mass is 16.6. The van der Waals surface area contributed by atoms with Gasteiger partial charge in [-0.1, -0.05) is 29.8 Å². The number of nitrogens with zero attached hydrogens (tertiary/aromatic N) is 2. The molecule has 158 valence electrons. The van der Waals surface area contributed by atoms with E-state index in [0.717, 1.165) is 5.56 Å². The molecule has 0 spiro atoms. The minimum absolute atomic E-state index is 0.0693. The molecule has 0 bridgehead atoms. The van der Waals surface area contributed by atoms with Gasteiger partial charge in [0.2, 0.25) is 5.90 Å². The van der Waals surface area contributed by atoms with E-state index in [1.807, 2.05) is 19.1 Å². The number of benzene rings is 3. The Bertz CT molecular complexity index is 1260. The monoisotopic (exact) mass is 428 g/mol. The Hall–Kier alpha value is -4.59. The molecule has 8 heteroatoms. The molecule has 8 nitrogen and oxygen atoms in total. The fraction of sp³-hybridized carbons (Fsp3) is 0.0417. The van der Waals surface area contributed by atoms with Crippen LogP contribution >= 0.6 is 0 Å². The van der Waals surface area contributed by atoms with E-state index in [2.05, 4.69) is 4.99 Å². The Kier molecular flexibility index (Phi) is 5.59. The third-order valence-electron chi connectivity index (χ3n) is 4.63. The lowest BCUT2D eigenvalue weighted by Crippen LogP contribution is -2.08. The van der Waals surface area contributed by atoms with E-state index in [1.54, 1.807) is 36.4 Å². The average Bonchev–Trinajstić information content (AvgIpc) is 3.15. The fourth-order valence-corrected chi connectivity index (χ4v) is 2.90. The summed E-state index contributed by atoms with van der Waals surface area (Å²) in [7, 11) is 0. The second-order valence-electron chi connectivity index (χ2n) is 6.96. The smallest absolute Gasteiger partial charge is 0.363 e. The summed E-state index contributed by atoms with van der Waals surface area (Å²) in [4.78, 5) is 38.8. The lowest BCUT2D eigenvalue weighted by atomic mass is 10.1. The molecule has 0 fully saturated rings. The van der Waals surface area contributed by atoms with Crippen LogP contribution in [0.3, 0.4) is 0 Å². The normalized spacial score (nSPS) is 14.1. The van der Waals surface area contributed by atoms with E-state index in [0.29, 0.717) is 22.4 Å². The molecule has 0 N–H and O–H groups in total. The van der Waals surface area contributed by atoms with Gasteiger partial charge >= 0.3 is 11.9 Å². The largest absolute Gasteiger partial charge is 0.423 e. The topological polar surface area (TPSA) is 108 Å². The highest BCUT2D eigenvalue weighted by Crippen LogP contribution is 2.22. The van der Waals surface area contributed by atoms with Gasteiger partial charge in [0.1, 0.15) is 5.75 Å². The number of hydrogen-bond acceptors (Lipinski definition) is 7. The summed E-state index contributed by atoms with van der Waals surface area (Å²) in [6, 6.07) is 19.2. The van der Waals surface area contributed by atoms with Gasteiger partial charge in [0.25, 0.3) is 5.69 Å². The van der Waals surface area contributed by atoms with Crippen molar-refractivity contribution in [2.75, 3.05) is 0 Å². The molecule has 1 heterocycles. The number of carbonyl (C=O) groups is 2. The highest BCUT2D eigenvalue weighted by molar-refractivity contribution is 6.12. The van der Waals surface area contributed by atoms with Gasteiger partial charge in [0.05, 0.1) is 10.5 Å². The summed E-state index contributed by atoms with van der Waals surface area (Å²) in [5, 5.41) is 10.8. The van der Waals surface area contributed by atoms with Gasteiger partial charge in [-0.05, 0) is 55.0 Å². The van der Waals surface area contributed by atoms with Crippen LogP contribution in [0.4, 0.5) is 5.69 Å². The van der Waals surface area contributed by atoms with Gasteiger partial charge in [-0.15, -0.1) is 0 Å². The van der Waals surface area contributed by atoms with Crippen molar-refractivity contribution in [1.29, 1.82) is 0 Å². The number of nitro benzene ring substituents is 1. The van der Waals surface area contributed by atoms with Crippen molar-refractivity contribution in [3.05, 3.63) is 111 Å². The molecule has 1 aliphatic rings. The third-order valence-corrected chi connectivity index (χ3v) is 4.63. The van der Waals surface area contributed by atoms with Crippen molar-refractivity contribution >= 4 is 29.6 Å². The summed E-state index contributed by atoms with van der Waals surface area (Å²) < 4.78 is 10.5. The number of aliphatic imine (C=N–C) groups is 1. The maximum atomic E-state index is 12.2. The van der Waals surface area contributed by atoms with Crippen molar-refractivity contribution in [3.8, 4) is 5.75 Å². The number of hydrogen-bond donors (Lipinski definition) is 0. The zero-order chi connectivity index (χ0) is 22.7. The molecule has 3 aromatic carbocycles. The highest BCUT2D eigenvalue weighted by Gasteiger charge is 2.24. The molecule has 0 saturated heterocycles. The van der Waals surface area contributed by atoms with Gasteiger partial charge in [0, 0.05) is 17.7 Å². The Morgan fingerprint density at radius 3 is 2.28 bits per heavy atom. The SMILES string of the molecule is Cc1ccc(C(=O)Oc2ccc(/C=C3\N=C(c4ccc([N+](=O)[O-])cc4)OC3=O)cc2)cc1. The molecule has 0 saturated carbocycles. The molecule has 0 amide bonds. The van der Waals surface area contributed by atoms with Gasteiger partial charge in [-0.2, -0.15) is 0 Å². The standard InChI is InChI=1S/C24H16N2O6/c1-15-2-6-18(7-3-15)23(27)31-20-12-4-16(5-13-20)14-21-24(28)32-22(25-21)17-8-10-19(11-9-17)26(29)30/h2-14H,1H3/b21-14-. The third kappa shape index (κ3) is 4.59. The first-order chi connectivity index (χ1) is 15.4. The van der Waals surface area contributed by atoms with Crippen LogP contribution in [-0.4, -0.2) is 22.8 Å². The van der Waals surface area contributed by atoms with Crippen LogP contribution in [-0.2, 0) is 9.53 Å². The van der Waals surface area contributed by atoms with E-state index in [1.165, 1.54) is 30.3 Å². The average molecular weight is 428 g/mol. The number of non-ortho nitro benzene ring substituents is 1. The van der Waals surface area contributed by atoms with Crippen molar-refractivity contribution in [3.63, 3.8) is 0 Å². The molecule has 1 aliphatic heterocycles. The molecular weight excluding hydrogens is 412 g/mol. The lowest BCUT2D eigenvalue weighted by molar-refractivity contribution is -0.384. The summed E-state index contributed by atoms with van der Waals surface area (Å²) in [6.45, 7) is 1.93. The number of carbonyl (C=O) groups excluding carboxylic acids is 2. The minimum Gasteiger partial charge on any atom is -0.423 e.